The van der Waals surface area contributed by atoms with E-state index in [1.165, 1.54) is 71.6 Å². The summed E-state index contributed by atoms with van der Waals surface area (Å²) in [5.41, 5.74) is 12.6. The van der Waals surface area contributed by atoms with Gasteiger partial charge in [0.2, 0.25) is 0 Å². The molecule has 0 saturated heterocycles. The predicted molar refractivity (Wildman–Crippen MR) is 161 cm³/mol. The number of hydrogen-bond acceptors (Lipinski definition) is 0. The molecule has 178 valence electrons. The third-order valence-corrected chi connectivity index (χ3v) is 8.10. The fourth-order valence-corrected chi connectivity index (χ4v) is 6.34. The van der Waals surface area contributed by atoms with Crippen LogP contribution in [0.2, 0.25) is 0 Å². The first kappa shape index (κ1) is 21.2. The molecule has 1 nitrogen and oxygen atoms in total. The second-order valence-corrected chi connectivity index (χ2v) is 10.3. The van der Waals surface area contributed by atoms with Crippen LogP contribution in [0.1, 0.15) is 22.3 Å². The van der Waals surface area contributed by atoms with Crippen molar-refractivity contribution in [2.75, 3.05) is 0 Å². The van der Waals surface area contributed by atoms with Crippen LogP contribution >= 0.6 is 0 Å². The lowest BCUT2D eigenvalue weighted by molar-refractivity contribution is 1.18. The molecular weight excluding hydrogens is 458 g/mol. The highest BCUT2D eigenvalue weighted by molar-refractivity contribution is 6.10. The Labute approximate surface area is 221 Å². The molecule has 38 heavy (non-hydrogen) atoms. The minimum absolute atomic E-state index is 0.890. The van der Waals surface area contributed by atoms with Gasteiger partial charge in [0.15, 0.2) is 0 Å². The zero-order valence-corrected chi connectivity index (χ0v) is 21.0. The van der Waals surface area contributed by atoms with E-state index >= 15 is 0 Å². The van der Waals surface area contributed by atoms with Gasteiger partial charge >= 0.3 is 0 Å². The number of benzene rings is 6. The van der Waals surface area contributed by atoms with Gasteiger partial charge in [-0.25, -0.2) is 0 Å². The van der Waals surface area contributed by atoms with Gasteiger partial charge in [-0.05, 0) is 75.0 Å². The van der Waals surface area contributed by atoms with Crippen molar-refractivity contribution in [3.63, 3.8) is 0 Å². The van der Waals surface area contributed by atoms with Crippen molar-refractivity contribution in [3.05, 3.63) is 156 Å². The van der Waals surface area contributed by atoms with E-state index in [2.05, 4.69) is 139 Å². The third kappa shape index (κ3) is 3.06. The molecule has 8 rings (SSSR count). The van der Waals surface area contributed by atoms with Crippen LogP contribution in [0.15, 0.2) is 134 Å². The molecule has 1 aliphatic carbocycles. The fourth-order valence-electron chi connectivity index (χ4n) is 6.34. The largest absolute Gasteiger partial charge is 0.309 e. The molecule has 0 unspecified atom stereocenters. The second kappa shape index (κ2) is 8.06. The molecule has 1 aliphatic rings. The summed E-state index contributed by atoms with van der Waals surface area (Å²) < 4.78 is 2.42. The lowest BCUT2D eigenvalue weighted by Gasteiger charge is -2.12. The molecule has 7 aromatic rings. The van der Waals surface area contributed by atoms with Gasteiger partial charge in [-0.1, -0.05) is 110 Å². The Morgan fingerprint density at radius 2 is 1.13 bits per heavy atom. The Balaban J connectivity index is 1.25. The summed E-state index contributed by atoms with van der Waals surface area (Å²) >= 11 is 0. The van der Waals surface area contributed by atoms with Gasteiger partial charge in [0, 0.05) is 16.2 Å². The number of hydrogen-bond donors (Lipinski definition) is 0. The maximum absolute atomic E-state index is 4.41. The highest BCUT2D eigenvalue weighted by Gasteiger charge is 2.22. The molecule has 0 aliphatic heterocycles. The average Bonchev–Trinajstić information content (AvgIpc) is 3.44. The first-order chi connectivity index (χ1) is 18.8. The molecule has 0 fully saturated rings. The standard InChI is InChI=1S/C37H25N/c1-24-28-11-4-5-13-30(28)31-19-17-25(22-33(24)31)21-26-18-20-37-34(23-26)32-14-6-7-15-36(32)38(37)35-16-8-10-27-9-2-3-12-29(27)35/h2-20,22-23H,1,21H2. The molecule has 1 heterocycles. The zero-order chi connectivity index (χ0) is 25.2. The summed E-state index contributed by atoms with van der Waals surface area (Å²) in [6, 6.07) is 46.4. The fraction of sp³-hybridized carbons (Fsp3) is 0.0270. The van der Waals surface area contributed by atoms with Crippen LogP contribution in [0.5, 0.6) is 0 Å². The van der Waals surface area contributed by atoms with E-state index in [1.54, 1.807) is 0 Å². The van der Waals surface area contributed by atoms with Crippen molar-refractivity contribution in [3.8, 4) is 16.8 Å². The molecule has 0 spiro atoms. The Kier molecular flexibility index (Phi) is 4.50. The van der Waals surface area contributed by atoms with E-state index in [9.17, 15) is 0 Å². The Morgan fingerprint density at radius 3 is 2.05 bits per heavy atom. The summed E-state index contributed by atoms with van der Waals surface area (Å²) in [6.07, 6.45) is 0.890. The minimum Gasteiger partial charge on any atom is -0.309 e. The third-order valence-electron chi connectivity index (χ3n) is 8.10. The van der Waals surface area contributed by atoms with E-state index in [4.69, 9.17) is 0 Å². The van der Waals surface area contributed by atoms with Crippen LogP contribution in [0, 0.1) is 0 Å². The van der Waals surface area contributed by atoms with Crippen molar-refractivity contribution >= 4 is 38.2 Å². The second-order valence-electron chi connectivity index (χ2n) is 10.3. The minimum atomic E-state index is 0.890. The van der Waals surface area contributed by atoms with Crippen molar-refractivity contribution < 1.29 is 0 Å². The molecule has 0 radical (unpaired) electrons. The Morgan fingerprint density at radius 1 is 0.474 bits per heavy atom. The summed E-state index contributed by atoms with van der Waals surface area (Å²) in [4.78, 5) is 0. The maximum Gasteiger partial charge on any atom is 0.0541 e. The van der Waals surface area contributed by atoms with Crippen molar-refractivity contribution in [2.45, 2.75) is 6.42 Å². The Hall–Kier alpha value is -4.88. The highest BCUT2D eigenvalue weighted by Crippen LogP contribution is 2.43. The molecule has 0 bridgehead atoms. The molecule has 1 heteroatoms. The van der Waals surface area contributed by atoms with Crippen LogP contribution in [-0.4, -0.2) is 4.57 Å². The predicted octanol–water partition coefficient (Wildman–Crippen LogP) is 9.57. The first-order valence-corrected chi connectivity index (χ1v) is 13.2. The molecule has 6 aromatic carbocycles. The van der Waals surface area contributed by atoms with Crippen LogP contribution in [-0.2, 0) is 6.42 Å². The van der Waals surface area contributed by atoms with Gasteiger partial charge in [-0.2, -0.15) is 0 Å². The number of para-hydroxylation sites is 1. The van der Waals surface area contributed by atoms with Gasteiger partial charge in [-0.15, -0.1) is 0 Å². The monoisotopic (exact) mass is 483 g/mol. The molecule has 0 saturated carbocycles. The van der Waals surface area contributed by atoms with E-state index < -0.39 is 0 Å². The topological polar surface area (TPSA) is 4.93 Å². The van der Waals surface area contributed by atoms with Crippen molar-refractivity contribution in [1.29, 1.82) is 0 Å². The summed E-state index contributed by atoms with van der Waals surface area (Å²) in [5, 5.41) is 5.10. The average molecular weight is 484 g/mol. The van der Waals surface area contributed by atoms with E-state index in [0.717, 1.165) is 12.0 Å². The summed E-state index contributed by atoms with van der Waals surface area (Å²) in [5.74, 6) is 0. The summed E-state index contributed by atoms with van der Waals surface area (Å²) in [7, 11) is 0. The van der Waals surface area contributed by atoms with Crippen molar-refractivity contribution in [2.24, 2.45) is 0 Å². The van der Waals surface area contributed by atoms with E-state index in [-0.39, 0.29) is 0 Å². The molecule has 0 N–H and O–H groups in total. The number of nitrogens with zero attached hydrogens (tertiary/aromatic N) is 1. The van der Waals surface area contributed by atoms with Crippen LogP contribution in [0.25, 0.3) is 55.0 Å². The molecular formula is C37H25N. The van der Waals surface area contributed by atoms with Gasteiger partial charge in [0.25, 0.3) is 0 Å². The number of aromatic nitrogens is 1. The quantitative estimate of drug-likeness (QED) is 0.236. The summed E-state index contributed by atoms with van der Waals surface area (Å²) in [6.45, 7) is 4.41. The maximum atomic E-state index is 4.41. The smallest absolute Gasteiger partial charge is 0.0541 e. The van der Waals surface area contributed by atoms with Gasteiger partial charge in [0.1, 0.15) is 0 Å². The van der Waals surface area contributed by atoms with Gasteiger partial charge < -0.3 is 4.57 Å². The highest BCUT2D eigenvalue weighted by atomic mass is 15.0. The van der Waals surface area contributed by atoms with Crippen LogP contribution < -0.4 is 0 Å². The Bertz CT molecular complexity index is 2070. The molecule has 0 amide bonds. The molecule has 0 atom stereocenters. The zero-order valence-electron chi connectivity index (χ0n) is 21.0. The lowest BCUT2D eigenvalue weighted by Crippen LogP contribution is -1.95. The van der Waals surface area contributed by atoms with E-state index in [0.29, 0.717) is 0 Å². The van der Waals surface area contributed by atoms with Gasteiger partial charge in [0.05, 0.1) is 16.7 Å². The van der Waals surface area contributed by atoms with Crippen molar-refractivity contribution in [1.82, 2.24) is 4.57 Å². The lowest BCUT2D eigenvalue weighted by atomic mass is 9.97. The molecule has 1 aromatic heterocycles. The van der Waals surface area contributed by atoms with E-state index in [1.807, 2.05) is 0 Å². The van der Waals surface area contributed by atoms with Crippen LogP contribution in [0.4, 0.5) is 0 Å². The first-order valence-electron chi connectivity index (χ1n) is 13.2. The number of fused-ring (bicyclic) bond motifs is 7. The normalized spacial score (nSPS) is 12.4. The SMILES string of the molecule is C=C1c2ccccc2-c2ccc(Cc3ccc4c(c3)c3ccccc3n4-c3cccc4ccccc34)cc21. The number of rotatable bonds is 3. The van der Waals surface area contributed by atoms with Crippen LogP contribution in [0.3, 0.4) is 0 Å². The van der Waals surface area contributed by atoms with Gasteiger partial charge in [-0.3, -0.25) is 0 Å².